The fraction of sp³-hybridized carbons (Fsp3) is 0.0435. The summed E-state index contributed by atoms with van der Waals surface area (Å²) in [5, 5.41) is 17.9. The lowest BCUT2D eigenvalue weighted by Gasteiger charge is -2.07. The van der Waals surface area contributed by atoms with Crippen molar-refractivity contribution < 1.29 is 9.66 Å². The number of methoxy groups -OCH3 is 1. The Kier molecular flexibility index (Phi) is 4.63. The molecule has 0 atom stereocenters. The zero-order chi connectivity index (χ0) is 21.5. The summed E-state index contributed by atoms with van der Waals surface area (Å²) < 4.78 is 8.12. The van der Waals surface area contributed by atoms with Gasteiger partial charge in [-0.25, -0.2) is 4.68 Å². The highest BCUT2D eigenvalue weighted by Gasteiger charge is 2.19. The van der Waals surface area contributed by atoms with Crippen molar-refractivity contribution in [3.05, 3.63) is 87.5 Å². The molecule has 0 saturated carbocycles. The molecule has 0 aliphatic rings. The first-order valence-corrected chi connectivity index (χ1v) is 10.2. The standard InChI is InChI=1S/C23H15BrN4O3/c1-31-18-9-10-21-19(12-18)23-20(13-25-21)22(14-5-7-15(24)8-6-14)26-27(23)16-3-2-4-17(11-16)28(29)30/h2-13H,1H3. The molecule has 5 rings (SSSR count). The molecule has 0 radical (unpaired) electrons. The zero-order valence-corrected chi connectivity index (χ0v) is 17.9. The van der Waals surface area contributed by atoms with Gasteiger partial charge in [0.25, 0.3) is 5.69 Å². The summed E-state index contributed by atoms with van der Waals surface area (Å²) in [5.74, 6) is 0.693. The summed E-state index contributed by atoms with van der Waals surface area (Å²) >= 11 is 3.46. The summed E-state index contributed by atoms with van der Waals surface area (Å²) in [7, 11) is 1.61. The minimum absolute atomic E-state index is 0.00211. The molecular formula is C23H15BrN4O3. The van der Waals surface area contributed by atoms with Crippen LogP contribution in [0, 0.1) is 10.1 Å². The van der Waals surface area contributed by atoms with E-state index in [-0.39, 0.29) is 5.69 Å². The number of nitro groups is 1. The Bertz CT molecular complexity index is 1460. The Morgan fingerprint density at radius 3 is 2.58 bits per heavy atom. The molecule has 0 aliphatic heterocycles. The van der Waals surface area contributed by atoms with Crippen LogP contribution >= 0.6 is 15.9 Å². The van der Waals surface area contributed by atoms with Gasteiger partial charge in [0.1, 0.15) is 11.4 Å². The first-order chi connectivity index (χ1) is 15.0. The molecule has 0 fully saturated rings. The minimum Gasteiger partial charge on any atom is -0.497 e. The molecule has 0 N–H and O–H groups in total. The Morgan fingerprint density at radius 1 is 1.03 bits per heavy atom. The van der Waals surface area contributed by atoms with Crippen LogP contribution in [0.15, 0.2) is 77.4 Å². The second kappa shape index (κ2) is 7.48. The Balaban J connectivity index is 1.88. The number of hydrogen-bond acceptors (Lipinski definition) is 5. The molecule has 5 aromatic rings. The second-order valence-electron chi connectivity index (χ2n) is 6.95. The normalized spacial score (nSPS) is 11.2. The highest BCUT2D eigenvalue weighted by atomic mass is 79.9. The van der Waals surface area contributed by atoms with Crippen LogP contribution in [0.2, 0.25) is 0 Å². The molecule has 7 nitrogen and oxygen atoms in total. The average molecular weight is 475 g/mol. The number of hydrogen-bond donors (Lipinski definition) is 0. The van der Waals surface area contributed by atoms with E-state index in [4.69, 9.17) is 9.84 Å². The predicted octanol–water partition coefficient (Wildman–Crippen LogP) is 5.92. The van der Waals surface area contributed by atoms with Gasteiger partial charge in [-0.05, 0) is 36.4 Å². The lowest BCUT2D eigenvalue weighted by atomic mass is 10.1. The van der Waals surface area contributed by atoms with E-state index in [1.54, 1.807) is 30.1 Å². The number of halogens is 1. The monoisotopic (exact) mass is 474 g/mol. The Labute approximate surface area is 185 Å². The Morgan fingerprint density at radius 2 is 1.84 bits per heavy atom. The van der Waals surface area contributed by atoms with E-state index in [1.807, 2.05) is 42.5 Å². The molecule has 31 heavy (non-hydrogen) atoms. The number of nitro benzene ring substituents is 1. The van der Waals surface area contributed by atoms with Crippen LogP contribution in [0.25, 0.3) is 38.8 Å². The van der Waals surface area contributed by atoms with Gasteiger partial charge in [-0.15, -0.1) is 0 Å². The third-order valence-electron chi connectivity index (χ3n) is 5.12. The van der Waals surface area contributed by atoms with E-state index in [9.17, 15) is 10.1 Å². The fourth-order valence-corrected chi connectivity index (χ4v) is 3.90. The molecule has 0 aliphatic carbocycles. The number of aromatic nitrogens is 3. The van der Waals surface area contributed by atoms with Crippen molar-refractivity contribution in [3.8, 4) is 22.7 Å². The molecule has 0 bridgehead atoms. The highest BCUT2D eigenvalue weighted by molar-refractivity contribution is 9.10. The summed E-state index contributed by atoms with van der Waals surface area (Å²) in [6.07, 6.45) is 1.79. The van der Waals surface area contributed by atoms with Crippen molar-refractivity contribution in [2.75, 3.05) is 7.11 Å². The van der Waals surface area contributed by atoms with Crippen molar-refractivity contribution in [1.82, 2.24) is 14.8 Å². The molecule has 8 heteroatoms. The number of pyridine rings is 1. The van der Waals surface area contributed by atoms with E-state index in [2.05, 4.69) is 20.9 Å². The summed E-state index contributed by atoms with van der Waals surface area (Å²) in [5.41, 5.74) is 3.84. The number of fused-ring (bicyclic) bond motifs is 3. The molecule has 2 aromatic heterocycles. The number of ether oxygens (including phenoxy) is 1. The molecular weight excluding hydrogens is 460 g/mol. The first kappa shape index (κ1) is 19.2. The maximum absolute atomic E-state index is 11.3. The van der Waals surface area contributed by atoms with E-state index in [1.165, 1.54) is 12.1 Å². The van der Waals surface area contributed by atoms with Gasteiger partial charge in [0, 0.05) is 39.1 Å². The van der Waals surface area contributed by atoms with Crippen LogP contribution in [-0.2, 0) is 0 Å². The number of non-ortho nitro benzene ring substituents is 1. The van der Waals surface area contributed by atoms with Crippen LogP contribution in [0.4, 0.5) is 5.69 Å². The highest BCUT2D eigenvalue weighted by Crippen LogP contribution is 2.35. The minimum atomic E-state index is -0.409. The largest absolute Gasteiger partial charge is 0.497 e. The van der Waals surface area contributed by atoms with Gasteiger partial charge in [0.2, 0.25) is 0 Å². The van der Waals surface area contributed by atoms with Crippen LogP contribution in [-0.4, -0.2) is 26.8 Å². The van der Waals surface area contributed by atoms with Crippen molar-refractivity contribution in [3.63, 3.8) is 0 Å². The molecule has 2 heterocycles. The average Bonchev–Trinajstić information content (AvgIpc) is 3.19. The predicted molar refractivity (Wildman–Crippen MR) is 123 cm³/mol. The second-order valence-corrected chi connectivity index (χ2v) is 7.86. The number of nitrogens with zero attached hydrogens (tertiary/aromatic N) is 4. The molecule has 0 saturated heterocycles. The third-order valence-corrected chi connectivity index (χ3v) is 5.65. The van der Waals surface area contributed by atoms with Gasteiger partial charge in [-0.3, -0.25) is 15.1 Å². The topological polar surface area (TPSA) is 83.1 Å². The van der Waals surface area contributed by atoms with Gasteiger partial charge < -0.3 is 4.74 Å². The molecule has 152 valence electrons. The SMILES string of the molecule is COc1ccc2ncc3c(-c4ccc(Br)cc4)nn(-c4cccc([N+](=O)[O-])c4)c3c2c1. The van der Waals surface area contributed by atoms with Gasteiger partial charge in [-0.1, -0.05) is 34.1 Å². The van der Waals surface area contributed by atoms with Crippen molar-refractivity contribution in [2.24, 2.45) is 0 Å². The molecule has 3 aromatic carbocycles. The van der Waals surface area contributed by atoms with E-state index in [0.29, 0.717) is 11.4 Å². The van der Waals surface area contributed by atoms with Crippen molar-refractivity contribution in [1.29, 1.82) is 0 Å². The van der Waals surface area contributed by atoms with Crippen LogP contribution in [0.3, 0.4) is 0 Å². The van der Waals surface area contributed by atoms with E-state index in [0.717, 1.165) is 37.5 Å². The van der Waals surface area contributed by atoms with Crippen LogP contribution in [0.5, 0.6) is 5.75 Å². The molecule has 0 amide bonds. The van der Waals surface area contributed by atoms with Gasteiger partial charge in [-0.2, -0.15) is 5.10 Å². The third kappa shape index (κ3) is 3.30. The van der Waals surface area contributed by atoms with Gasteiger partial charge >= 0.3 is 0 Å². The number of rotatable bonds is 4. The summed E-state index contributed by atoms with van der Waals surface area (Å²) in [6.45, 7) is 0. The van der Waals surface area contributed by atoms with Crippen LogP contribution in [0.1, 0.15) is 0 Å². The fourth-order valence-electron chi connectivity index (χ4n) is 3.64. The molecule has 0 unspecified atom stereocenters. The van der Waals surface area contributed by atoms with Crippen molar-refractivity contribution >= 4 is 43.4 Å². The van der Waals surface area contributed by atoms with E-state index < -0.39 is 4.92 Å². The molecule has 0 spiro atoms. The first-order valence-electron chi connectivity index (χ1n) is 9.41. The maximum Gasteiger partial charge on any atom is 0.271 e. The van der Waals surface area contributed by atoms with E-state index >= 15 is 0 Å². The lowest BCUT2D eigenvalue weighted by Crippen LogP contribution is -1.99. The smallest absolute Gasteiger partial charge is 0.271 e. The van der Waals surface area contributed by atoms with Gasteiger partial charge in [0.05, 0.1) is 28.8 Å². The van der Waals surface area contributed by atoms with Crippen molar-refractivity contribution in [2.45, 2.75) is 0 Å². The Hall–Kier alpha value is -3.78. The number of benzene rings is 3. The summed E-state index contributed by atoms with van der Waals surface area (Å²) in [4.78, 5) is 15.6. The quantitative estimate of drug-likeness (QED) is 0.238. The summed E-state index contributed by atoms with van der Waals surface area (Å²) in [6, 6.07) is 19.9. The van der Waals surface area contributed by atoms with Crippen LogP contribution < -0.4 is 4.74 Å². The van der Waals surface area contributed by atoms with Gasteiger partial charge in [0.15, 0.2) is 0 Å². The maximum atomic E-state index is 11.3. The lowest BCUT2D eigenvalue weighted by molar-refractivity contribution is -0.384. The zero-order valence-electron chi connectivity index (χ0n) is 16.3.